The number of carbonyl (C=O) groups is 2. The lowest BCUT2D eigenvalue weighted by Gasteiger charge is -2.18. The lowest BCUT2D eigenvalue weighted by Crippen LogP contribution is -2.30. The van der Waals surface area contributed by atoms with Crippen molar-refractivity contribution >= 4 is 28.9 Å². The summed E-state index contributed by atoms with van der Waals surface area (Å²) in [4.78, 5) is 35.8. The number of primary amides is 1. The zero-order chi connectivity index (χ0) is 19.3. The highest BCUT2D eigenvalue weighted by Crippen LogP contribution is 2.28. The molecule has 2 aromatic carbocycles. The topological polar surface area (TPSA) is 119 Å². The lowest BCUT2D eigenvalue weighted by atomic mass is 10.1. The number of anilines is 2. The van der Waals surface area contributed by atoms with Crippen LogP contribution in [-0.4, -0.2) is 34.7 Å². The third kappa shape index (κ3) is 4.15. The number of benzene rings is 2. The smallest absolute Gasteiger partial charge is 0.293 e. The van der Waals surface area contributed by atoms with E-state index in [2.05, 4.69) is 5.32 Å². The second-order valence-corrected chi connectivity index (χ2v) is 5.53. The summed E-state index contributed by atoms with van der Waals surface area (Å²) in [6.45, 7) is 5.06. The Morgan fingerprint density at radius 3 is 2.15 bits per heavy atom. The molecule has 136 valence electrons. The molecule has 0 radical (unpaired) electrons. The summed E-state index contributed by atoms with van der Waals surface area (Å²) in [5.41, 5.74) is 6.30. The monoisotopic (exact) mass is 356 g/mol. The fraction of sp³-hybridized carbons (Fsp3) is 0.222. The Morgan fingerprint density at radius 2 is 1.65 bits per heavy atom. The van der Waals surface area contributed by atoms with E-state index >= 15 is 0 Å². The van der Waals surface area contributed by atoms with Crippen LogP contribution in [0, 0.1) is 10.1 Å². The number of nitrogens with one attached hydrogen (secondary N) is 1. The van der Waals surface area contributed by atoms with Crippen molar-refractivity contribution in [3.8, 4) is 0 Å². The molecule has 0 spiro atoms. The Morgan fingerprint density at radius 1 is 1.08 bits per heavy atom. The SMILES string of the molecule is CCN(CC)C(=O)c1ccc(Nc2ccc(C(N)=O)cc2[N+](=O)[O-])cc1. The molecule has 26 heavy (non-hydrogen) atoms. The number of nitro benzene ring substituents is 1. The second kappa shape index (κ2) is 8.11. The van der Waals surface area contributed by atoms with Crippen LogP contribution in [0.1, 0.15) is 34.6 Å². The molecule has 2 rings (SSSR count). The number of nitrogens with two attached hydrogens (primary N) is 1. The summed E-state index contributed by atoms with van der Waals surface area (Å²) < 4.78 is 0. The van der Waals surface area contributed by atoms with Gasteiger partial charge in [-0.25, -0.2) is 0 Å². The van der Waals surface area contributed by atoms with Crippen molar-refractivity contribution < 1.29 is 14.5 Å². The maximum absolute atomic E-state index is 12.3. The van der Waals surface area contributed by atoms with Crippen molar-refractivity contribution in [3.05, 3.63) is 63.7 Å². The van der Waals surface area contributed by atoms with E-state index in [-0.39, 0.29) is 22.8 Å². The highest BCUT2D eigenvalue weighted by atomic mass is 16.6. The van der Waals surface area contributed by atoms with Crippen LogP contribution < -0.4 is 11.1 Å². The quantitative estimate of drug-likeness (QED) is 0.584. The van der Waals surface area contributed by atoms with Crippen LogP contribution in [0.4, 0.5) is 17.1 Å². The number of hydrogen-bond donors (Lipinski definition) is 2. The number of hydrogen-bond acceptors (Lipinski definition) is 5. The van der Waals surface area contributed by atoms with Gasteiger partial charge in [0.1, 0.15) is 5.69 Å². The van der Waals surface area contributed by atoms with E-state index in [1.807, 2.05) is 13.8 Å². The van der Waals surface area contributed by atoms with Gasteiger partial charge in [-0.2, -0.15) is 0 Å². The number of nitrogens with zero attached hydrogens (tertiary/aromatic N) is 2. The van der Waals surface area contributed by atoms with Crippen LogP contribution in [0.25, 0.3) is 0 Å². The largest absolute Gasteiger partial charge is 0.366 e. The fourth-order valence-electron chi connectivity index (χ4n) is 2.49. The molecule has 8 heteroatoms. The van der Waals surface area contributed by atoms with Crippen LogP contribution >= 0.6 is 0 Å². The Hall–Kier alpha value is -3.42. The summed E-state index contributed by atoms with van der Waals surface area (Å²) >= 11 is 0. The minimum absolute atomic E-state index is 0.0578. The molecule has 0 bridgehead atoms. The maximum atomic E-state index is 12.3. The first-order valence-corrected chi connectivity index (χ1v) is 8.12. The minimum Gasteiger partial charge on any atom is -0.366 e. The van der Waals surface area contributed by atoms with Crippen molar-refractivity contribution in [1.29, 1.82) is 0 Å². The average Bonchev–Trinajstić information content (AvgIpc) is 2.63. The molecule has 0 unspecified atom stereocenters. The van der Waals surface area contributed by atoms with Crippen LogP contribution in [-0.2, 0) is 0 Å². The molecule has 8 nitrogen and oxygen atoms in total. The lowest BCUT2D eigenvalue weighted by molar-refractivity contribution is -0.383. The second-order valence-electron chi connectivity index (χ2n) is 5.53. The molecule has 2 amide bonds. The first-order chi connectivity index (χ1) is 12.4. The van der Waals surface area contributed by atoms with Crippen LogP contribution in [0.15, 0.2) is 42.5 Å². The van der Waals surface area contributed by atoms with Gasteiger partial charge in [0.25, 0.3) is 11.6 Å². The summed E-state index contributed by atoms with van der Waals surface area (Å²) in [5.74, 6) is -0.808. The highest BCUT2D eigenvalue weighted by molar-refractivity contribution is 5.95. The van der Waals surface area contributed by atoms with Crippen molar-refractivity contribution in [2.75, 3.05) is 18.4 Å². The zero-order valence-electron chi connectivity index (χ0n) is 14.6. The Kier molecular flexibility index (Phi) is 5.90. The molecule has 0 aromatic heterocycles. The van der Waals surface area contributed by atoms with Gasteiger partial charge in [0.2, 0.25) is 5.91 Å². The van der Waals surface area contributed by atoms with E-state index in [9.17, 15) is 19.7 Å². The van der Waals surface area contributed by atoms with E-state index < -0.39 is 10.8 Å². The van der Waals surface area contributed by atoms with Gasteiger partial charge >= 0.3 is 0 Å². The van der Waals surface area contributed by atoms with E-state index in [1.54, 1.807) is 29.2 Å². The van der Waals surface area contributed by atoms with Crippen LogP contribution in [0.2, 0.25) is 0 Å². The third-order valence-electron chi connectivity index (χ3n) is 3.94. The Bertz CT molecular complexity index is 830. The van der Waals surface area contributed by atoms with Gasteiger partial charge in [-0.3, -0.25) is 19.7 Å². The Balaban J connectivity index is 2.25. The molecule has 0 atom stereocenters. The zero-order valence-corrected chi connectivity index (χ0v) is 14.6. The number of rotatable bonds is 7. The average molecular weight is 356 g/mol. The molecule has 0 heterocycles. The third-order valence-corrected chi connectivity index (χ3v) is 3.94. The van der Waals surface area contributed by atoms with Gasteiger partial charge in [0.05, 0.1) is 4.92 Å². The number of nitro groups is 1. The summed E-state index contributed by atoms with van der Waals surface area (Å²) in [5, 5.41) is 14.2. The van der Waals surface area contributed by atoms with Gasteiger partial charge in [0.15, 0.2) is 0 Å². The first-order valence-electron chi connectivity index (χ1n) is 8.12. The van der Waals surface area contributed by atoms with Crippen molar-refractivity contribution in [1.82, 2.24) is 4.90 Å². The minimum atomic E-state index is -0.737. The molecule has 0 saturated heterocycles. The molecule has 2 aromatic rings. The molecular formula is C18H20N4O4. The number of amides is 2. The molecule has 0 aliphatic carbocycles. The molecule has 0 fully saturated rings. The molecule has 0 saturated carbocycles. The highest BCUT2D eigenvalue weighted by Gasteiger charge is 2.17. The van der Waals surface area contributed by atoms with Crippen molar-refractivity contribution in [3.63, 3.8) is 0 Å². The van der Waals surface area contributed by atoms with Crippen LogP contribution in [0.3, 0.4) is 0 Å². The maximum Gasteiger partial charge on any atom is 0.293 e. The van der Waals surface area contributed by atoms with Gasteiger partial charge < -0.3 is 16.0 Å². The molecular weight excluding hydrogens is 336 g/mol. The van der Waals surface area contributed by atoms with Crippen LogP contribution in [0.5, 0.6) is 0 Å². The van der Waals surface area contributed by atoms with E-state index in [1.165, 1.54) is 12.1 Å². The van der Waals surface area contributed by atoms with E-state index in [0.717, 1.165) is 6.07 Å². The Labute approximate surface area is 150 Å². The van der Waals surface area contributed by atoms with Crippen molar-refractivity contribution in [2.24, 2.45) is 5.73 Å². The molecule has 0 aliphatic rings. The fourth-order valence-corrected chi connectivity index (χ4v) is 2.49. The number of carbonyl (C=O) groups excluding carboxylic acids is 2. The predicted octanol–water partition coefficient (Wildman–Crippen LogP) is 2.92. The molecule has 3 N–H and O–H groups in total. The normalized spacial score (nSPS) is 10.2. The summed E-state index contributed by atoms with van der Waals surface area (Å²) in [6.07, 6.45) is 0. The summed E-state index contributed by atoms with van der Waals surface area (Å²) in [7, 11) is 0. The van der Waals surface area contributed by atoms with Crippen molar-refractivity contribution in [2.45, 2.75) is 13.8 Å². The predicted molar refractivity (Wildman–Crippen MR) is 98.6 cm³/mol. The van der Waals surface area contributed by atoms with Gasteiger partial charge in [-0.15, -0.1) is 0 Å². The van der Waals surface area contributed by atoms with E-state index in [4.69, 9.17) is 5.73 Å². The van der Waals surface area contributed by atoms with E-state index in [0.29, 0.717) is 24.3 Å². The molecule has 0 aliphatic heterocycles. The standard InChI is InChI=1S/C18H20N4O4/c1-3-21(4-2)18(24)12-5-8-14(9-6-12)20-15-10-7-13(17(19)23)11-16(15)22(25)26/h5-11,20H,3-4H2,1-2H3,(H2,19,23). The van der Waals surface area contributed by atoms with Gasteiger partial charge in [0, 0.05) is 36.0 Å². The van der Waals surface area contributed by atoms with Gasteiger partial charge in [-0.1, -0.05) is 0 Å². The first kappa shape index (κ1) is 18.9. The summed E-state index contributed by atoms with van der Waals surface area (Å²) in [6, 6.07) is 10.6. The van der Waals surface area contributed by atoms with Gasteiger partial charge in [-0.05, 0) is 50.2 Å².